The molecule has 2 unspecified atom stereocenters. The van der Waals surface area contributed by atoms with E-state index in [1.54, 1.807) is 59.4 Å². The summed E-state index contributed by atoms with van der Waals surface area (Å²) in [5.41, 5.74) is 3.50. The van der Waals surface area contributed by atoms with Gasteiger partial charge in [0, 0.05) is 94.6 Å². The van der Waals surface area contributed by atoms with Crippen LogP contribution in [0.1, 0.15) is 198 Å². The van der Waals surface area contributed by atoms with Gasteiger partial charge in [-0.1, -0.05) is 127 Å². The molecule has 2 aromatic heterocycles. The summed E-state index contributed by atoms with van der Waals surface area (Å²) in [4.78, 5) is 54.3. The van der Waals surface area contributed by atoms with Gasteiger partial charge in [-0.15, -0.1) is 0 Å². The number of rotatable bonds is 81. The molecule has 8 rings (SSSR count). The first-order valence-corrected chi connectivity index (χ1v) is 49.6. The van der Waals surface area contributed by atoms with Gasteiger partial charge in [-0.25, -0.2) is 0 Å². The Kier molecular flexibility index (Phi) is 58.8. The number of unbranched alkanes of at least 4 members (excludes halogenated alkanes) is 8. The van der Waals surface area contributed by atoms with E-state index in [9.17, 15) is 9.59 Å². The minimum atomic E-state index is -0.646. The number of aromatic nitrogens is 6. The second-order valence-corrected chi connectivity index (χ2v) is 32.3. The van der Waals surface area contributed by atoms with Gasteiger partial charge in [-0.05, 0) is 144 Å². The smallest absolute Gasteiger partial charge is 0.233 e. The molecule has 0 bridgehead atoms. The van der Waals surface area contributed by atoms with Gasteiger partial charge >= 0.3 is 0 Å². The fourth-order valence-electron chi connectivity index (χ4n) is 13.1. The Morgan fingerprint density at radius 2 is 0.496 bits per heavy atom. The topological polar surface area (TPSA) is 377 Å². The van der Waals surface area contributed by atoms with Crippen LogP contribution in [0.4, 0.5) is 69.8 Å². The van der Waals surface area contributed by atoms with E-state index in [2.05, 4.69) is 80.4 Å². The molecule has 0 saturated carbocycles. The Balaban J connectivity index is 0.000000379. The molecule has 0 aliphatic carbocycles. The number of nitrogens with zero attached hydrogens (tertiary/aromatic N) is 6. The highest BCUT2D eigenvalue weighted by Crippen LogP contribution is 2.40. The van der Waals surface area contributed by atoms with Crippen LogP contribution in [-0.4, -0.2) is 240 Å². The normalized spacial score (nSPS) is 11.5. The van der Waals surface area contributed by atoms with Crippen LogP contribution in [0.2, 0.25) is 0 Å². The van der Waals surface area contributed by atoms with E-state index in [0.29, 0.717) is 268 Å². The molecule has 6 N–H and O–H groups in total. The average Bonchev–Trinajstić information content (AvgIpc) is 0.815. The van der Waals surface area contributed by atoms with Crippen LogP contribution in [-0.2, 0) is 52.2 Å². The zero-order valence-electron chi connectivity index (χ0n) is 84.7. The largest absolute Gasteiger partial charge is 0.494 e. The lowest BCUT2D eigenvalue weighted by atomic mass is 10.1. The SMILES string of the molecule is CCCCCOc1ccc(OCCCCC)c(Nc2nc(Nc3cc(OC(CCC)C(C)=O)ccc3OCCCCC)nc(Nc3cc(OCCCCC)ccc3OC(CCC)C(C)=O)n2)c1.CCCOCCOc1ccc(Nc2nc(Nc3ccc(OCCOCCC)c(OCCOCCOC)c3)nc(Nc3ccc(OCCOCCOC)c(OCCOCCOC)c3)n2)cc1OCCOCCC. The quantitative estimate of drug-likeness (QED) is 0.0193. The van der Waals surface area contributed by atoms with Crippen molar-refractivity contribution in [1.29, 1.82) is 0 Å². The summed E-state index contributed by atoms with van der Waals surface area (Å²) in [6.07, 6.45) is 16.3. The van der Waals surface area contributed by atoms with Crippen LogP contribution in [0.5, 0.6) is 69.0 Å². The van der Waals surface area contributed by atoms with Gasteiger partial charge in [0.25, 0.3) is 0 Å². The van der Waals surface area contributed by atoms with Crippen LogP contribution in [0.3, 0.4) is 0 Å². The third-order valence-corrected chi connectivity index (χ3v) is 20.3. The van der Waals surface area contributed by atoms with Crippen LogP contribution in [0, 0.1) is 0 Å². The van der Waals surface area contributed by atoms with Crippen LogP contribution >= 0.6 is 0 Å². The molecule has 2 heterocycles. The van der Waals surface area contributed by atoms with Crippen molar-refractivity contribution in [2.75, 3.05) is 218 Å². The molecule has 139 heavy (non-hydrogen) atoms. The lowest BCUT2D eigenvalue weighted by molar-refractivity contribution is -0.124. The van der Waals surface area contributed by atoms with Crippen LogP contribution < -0.4 is 88.7 Å². The van der Waals surface area contributed by atoms with E-state index in [1.165, 1.54) is 0 Å². The third kappa shape index (κ3) is 46.6. The number of hydrogen-bond acceptors (Lipinski definition) is 35. The predicted octanol–water partition coefficient (Wildman–Crippen LogP) is 21.3. The first-order valence-electron chi connectivity index (χ1n) is 49.6. The van der Waals surface area contributed by atoms with Crippen molar-refractivity contribution >= 4 is 81.4 Å². The predicted molar refractivity (Wildman–Crippen MR) is 542 cm³/mol. The summed E-state index contributed by atoms with van der Waals surface area (Å²) < 4.78 is 124. The molecule has 6 aromatic carbocycles. The first-order chi connectivity index (χ1) is 68.1. The summed E-state index contributed by atoms with van der Waals surface area (Å²) in [6, 6.07) is 33.1. The van der Waals surface area contributed by atoms with Crippen molar-refractivity contribution in [3.05, 3.63) is 109 Å². The molecule has 35 heteroatoms. The number of anilines is 12. The molecular formula is C104H156N12O23. The number of methoxy groups -OCH3 is 3. The molecule has 770 valence electrons. The molecule has 0 fully saturated rings. The van der Waals surface area contributed by atoms with Gasteiger partial charge in [-0.2, -0.15) is 29.9 Å². The maximum Gasteiger partial charge on any atom is 0.233 e. The van der Waals surface area contributed by atoms with E-state index in [-0.39, 0.29) is 60.5 Å². The molecule has 0 spiro atoms. The highest BCUT2D eigenvalue weighted by Gasteiger charge is 2.24. The lowest BCUT2D eigenvalue weighted by Crippen LogP contribution is -2.25. The minimum Gasteiger partial charge on any atom is -0.494 e. The number of ether oxygens (including phenoxy) is 21. The second kappa shape index (κ2) is 71.2. The standard InChI is InChI=1S/C53H78N6O8.C51H78N6O15/c1-9-15-19-31-62-40-25-28-48(64-33-21-17-11-3)43(35-40)54-51-57-52(55-44-37-42(66-46(23-13-5)38(7)60)27-29-49(44)65-34-22-18-12-4)59-53(58-51)56-45-36-41(63-32-20-16-10-2)26-30-50(45)67-47(24-14-6)39(8)61;1-7-16-61-25-31-67-43-13-10-40(37-46(43)70-34-27-63-18-9-3)52-49-55-50(53-41-11-14-44(68-32-26-62-17-8-2)47(38-41)71-35-29-65-23-20-59-5)57-51(56-49)54-42-12-15-45(69-33-28-64-22-19-58-4)48(39-42)72-36-30-66-24-21-60-6/h25-30,35-37,46-47H,9-24,31-34H2,1-8H3,(H3,54,55,56,57,58,59);10-15,37-39H,7-9,16-36H2,1-6H3,(H3,52,53,54,55,56,57). The fraction of sp³-hybridized carbons (Fsp3) is 0.577. The molecule has 2 atom stereocenters. The molecule has 0 saturated heterocycles. The van der Waals surface area contributed by atoms with Crippen LogP contribution in [0.15, 0.2) is 109 Å². The highest BCUT2D eigenvalue weighted by atomic mass is 16.6. The molecular weight excluding hydrogens is 1790 g/mol. The summed E-state index contributed by atoms with van der Waals surface area (Å²) in [5, 5.41) is 20.2. The van der Waals surface area contributed by atoms with E-state index in [0.717, 1.165) is 109 Å². The van der Waals surface area contributed by atoms with Crippen molar-refractivity contribution in [2.24, 2.45) is 0 Å². The Labute approximate surface area is 823 Å². The maximum atomic E-state index is 12.8. The Morgan fingerprint density at radius 1 is 0.237 bits per heavy atom. The Morgan fingerprint density at radius 3 is 0.806 bits per heavy atom. The molecule has 0 aliphatic rings. The van der Waals surface area contributed by atoms with Crippen molar-refractivity contribution < 1.29 is 109 Å². The van der Waals surface area contributed by atoms with E-state index in [4.69, 9.17) is 129 Å². The van der Waals surface area contributed by atoms with Crippen molar-refractivity contribution in [1.82, 2.24) is 29.9 Å². The van der Waals surface area contributed by atoms with Gasteiger partial charge in [0.1, 0.15) is 74.1 Å². The van der Waals surface area contributed by atoms with E-state index in [1.807, 2.05) is 98.8 Å². The molecule has 0 aliphatic heterocycles. The first kappa shape index (κ1) is 115. The maximum absolute atomic E-state index is 12.8. The van der Waals surface area contributed by atoms with Crippen molar-refractivity contribution in [3.8, 4) is 69.0 Å². The van der Waals surface area contributed by atoms with Gasteiger partial charge in [-0.3, -0.25) is 9.59 Å². The second-order valence-electron chi connectivity index (χ2n) is 32.3. The number of carbonyl (C=O) groups excluding carboxylic acids is 2. The zero-order valence-corrected chi connectivity index (χ0v) is 84.7. The summed E-state index contributed by atoms with van der Waals surface area (Å²) in [5.74, 6) is 7.56. The third-order valence-electron chi connectivity index (χ3n) is 20.3. The summed E-state index contributed by atoms with van der Waals surface area (Å²) in [7, 11) is 4.88. The number of carbonyl (C=O) groups is 2. The number of nitrogens with one attached hydrogen (secondary N) is 6. The molecule has 0 radical (unpaired) electrons. The van der Waals surface area contributed by atoms with E-state index >= 15 is 0 Å². The fourth-order valence-corrected chi connectivity index (χ4v) is 13.1. The highest BCUT2D eigenvalue weighted by molar-refractivity contribution is 5.82. The summed E-state index contributed by atoms with van der Waals surface area (Å²) in [6.45, 7) is 33.1. The van der Waals surface area contributed by atoms with Gasteiger partial charge < -0.3 is 131 Å². The van der Waals surface area contributed by atoms with Gasteiger partial charge in [0.15, 0.2) is 58.3 Å². The number of benzene rings is 6. The molecule has 8 aromatic rings. The van der Waals surface area contributed by atoms with Crippen molar-refractivity contribution in [3.63, 3.8) is 0 Å². The molecule has 0 amide bonds. The van der Waals surface area contributed by atoms with Gasteiger partial charge in [0.2, 0.25) is 35.7 Å². The number of hydrogen-bond donors (Lipinski definition) is 6. The zero-order chi connectivity index (χ0) is 99.3. The number of ketones is 2. The van der Waals surface area contributed by atoms with Crippen LogP contribution in [0.25, 0.3) is 0 Å². The monoisotopic (exact) mass is 1940 g/mol. The lowest BCUT2D eigenvalue weighted by Gasteiger charge is -2.20. The average molecular weight is 1940 g/mol. The van der Waals surface area contributed by atoms with Gasteiger partial charge in [0.05, 0.1) is 123 Å². The van der Waals surface area contributed by atoms with Crippen molar-refractivity contribution in [2.45, 2.75) is 210 Å². The Hall–Kier alpha value is -11.3. The Bertz CT molecular complexity index is 4680. The molecule has 35 nitrogen and oxygen atoms in total. The minimum absolute atomic E-state index is 0.0487. The number of Topliss-reactive ketones (excluding diaryl/α,β-unsaturated/α-hetero) is 2. The summed E-state index contributed by atoms with van der Waals surface area (Å²) >= 11 is 0. The van der Waals surface area contributed by atoms with E-state index < -0.39 is 12.2 Å².